The van der Waals surface area contributed by atoms with Gasteiger partial charge >= 0.3 is 0 Å². The lowest BCUT2D eigenvalue weighted by atomic mass is 9.79. The topological polar surface area (TPSA) is 38.7 Å². The van der Waals surface area contributed by atoms with E-state index in [-0.39, 0.29) is 5.60 Å². The smallest absolute Gasteiger partial charge is 0.113 e. The number of fused-ring (bicyclic) bond motifs is 2. The largest absolute Gasteiger partial charge is 0.390 e. The third kappa shape index (κ3) is 1.84. The first kappa shape index (κ1) is 11.1. The van der Waals surface area contributed by atoms with Gasteiger partial charge in [-0.15, -0.1) is 0 Å². The van der Waals surface area contributed by atoms with E-state index in [1.165, 1.54) is 0 Å². The molecule has 15 heavy (non-hydrogen) atoms. The molecule has 2 rings (SSSR count). The third-order valence-electron chi connectivity index (χ3n) is 3.44. The summed E-state index contributed by atoms with van der Waals surface area (Å²) < 4.78 is 11.3. The normalized spacial score (nSPS) is 48.5. The lowest BCUT2D eigenvalue weighted by Gasteiger charge is -2.46. The van der Waals surface area contributed by atoms with Gasteiger partial charge < -0.3 is 14.6 Å². The summed E-state index contributed by atoms with van der Waals surface area (Å²) in [7, 11) is 1.67. The first-order chi connectivity index (χ1) is 6.95. The Morgan fingerprint density at radius 3 is 2.53 bits per heavy atom. The summed E-state index contributed by atoms with van der Waals surface area (Å²) in [6, 6.07) is 0. The second kappa shape index (κ2) is 3.30. The van der Waals surface area contributed by atoms with Gasteiger partial charge in [-0.1, -0.05) is 19.1 Å². The van der Waals surface area contributed by atoms with E-state index in [0.717, 1.165) is 6.42 Å². The Balaban J connectivity index is 2.27. The van der Waals surface area contributed by atoms with Gasteiger partial charge in [0.1, 0.15) is 5.60 Å². The van der Waals surface area contributed by atoms with Gasteiger partial charge in [-0.3, -0.25) is 0 Å². The van der Waals surface area contributed by atoms with Crippen LogP contribution in [0.15, 0.2) is 12.2 Å². The summed E-state index contributed by atoms with van der Waals surface area (Å²) in [5, 5.41) is 10.3. The SMILES string of the molecule is CC[C@@]12C=C[C@@](COC)(C[C@@](C)(O)C1)O2. The molecule has 0 unspecified atom stereocenters. The van der Waals surface area contributed by atoms with E-state index in [4.69, 9.17) is 9.47 Å². The van der Waals surface area contributed by atoms with Crippen molar-refractivity contribution in [3.05, 3.63) is 12.2 Å². The Morgan fingerprint density at radius 1 is 1.33 bits per heavy atom. The molecule has 86 valence electrons. The first-order valence-electron chi connectivity index (χ1n) is 5.57. The highest BCUT2D eigenvalue weighted by Crippen LogP contribution is 2.48. The molecule has 2 aliphatic rings. The molecule has 2 heterocycles. The molecule has 0 aromatic carbocycles. The molecule has 3 atom stereocenters. The molecule has 2 aliphatic heterocycles. The van der Waals surface area contributed by atoms with E-state index in [0.29, 0.717) is 19.4 Å². The molecule has 2 bridgehead atoms. The molecule has 0 amide bonds. The molecule has 3 heteroatoms. The summed E-state index contributed by atoms with van der Waals surface area (Å²) in [5.74, 6) is 0. The van der Waals surface area contributed by atoms with Crippen molar-refractivity contribution >= 4 is 0 Å². The zero-order chi connectivity index (χ0) is 11.2. The zero-order valence-electron chi connectivity index (χ0n) is 9.75. The quantitative estimate of drug-likeness (QED) is 0.723. The van der Waals surface area contributed by atoms with Gasteiger partial charge in [-0.05, 0) is 13.3 Å². The minimum absolute atomic E-state index is 0.277. The van der Waals surface area contributed by atoms with Crippen molar-refractivity contribution in [2.24, 2.45) is 0 Å². The van der Waals surface area contributed by atoms with Gasteiger partial charge in [-0.2, -0.15) is 0 Å². The van der Waals surface area contributed by atoms with Crippen LogP contribution in [0.25, 0.3) is 0 Å². The Hall–Kier alpha value is -0.380. The van der Waals surface area contributed by atoms with Gasteiger partial charge in [0.15, 0.2) is 0 Å². The van der Waals surface area contributed by atoms with Crippen molar-refractivity contribution < 1.29 is 14.6 Å². The minimum Gasteiger partial charge on any atom is -0.390 e. The molecular weight excluding hydrogens is 192 g/mol. The Labute approximate surface area is 91.1 Å². The van der Waals surface area contributed by atoms with Crippen LogP contribution in [0.1, 0.15) is 33.1 Å². The maximum atomic E-state index is 10.3. The third-order valence-corrected chi connectivity index (χ3v) is 3.44. The highest BCUT2D eigenvalue weighted by Gasteiger charge is 2.54. The van der Waals surface area contributed by atoms with Gasteiger partial charge in [-0.25, -0.2) is 0 Å². The van der Waals surface area contributed by atoms with E-state index in [9.17, 15) is 5.11 Å². The average Bonchev–Trinajstić information content (AvgIpc) is 2.39. The van der Waals surface area contributed by atoms with E-state index < -0.39 is 11.2 Å². The van der Waals surface area contributed by atoms with Crippen molar-refractivity contribution in [2.45, 2.75) is 49.9 Å². The fourth-order valence-electron chi connectivity index (χ4n) is 3.01. The Bertz CT molecular complexity index is 285. The first-order valence-corrected chi connectivity index (χ1v) is 5.57. The fraction of sp³-hybridized carbons (Fsp3) is 0.833. The number of hydrogen-bond donors (Lipinski definition) is 1. The monoisotopic (exact) mass is 212 g/mol. The summed E-state index contributed by atoms with van der Waals surface area (Å²) in [6.07, 6.45) is 6.37. The molecule has 0 aromatic heterocycles. The van der Waals surface area contributed by atoms with Gasteiger partial charge in [0.2, 0.25) is 0 Å². The summed E-state index contributed by atoms with van der Waals surface area (Å²) in [4.78, 5) is 0. The van der Waals surface area contributed by atoms with E-state index in [2.05, 4.69) is 19.1 Å². The van der Waals surface area contributed by atoms with Crippen molar-refractivity contribution in [1.82, 2.24) is 0 Å². The molecule has 1 saturated heterocycles. The molecule has 1 N–H and O–H groups in total. The minimum atomic E-state index is -0.656. The van der Waals surface area contributed by atoms with E-state index in [1.54, 1.807) is 7.11 Å². The van der Waals surface area contributed by atoms with Crippen LogP contribution >= 0.6 is 0 Å². The predicted octanol–water partition coefficient (Wildman–Crippen LogP) is 1.65. The van der Waals surface area contributed by atoms with Crippen molar-refractivity contribution in [2.75, 3.05) is 13.7 Å². The van der Waals surface area contributed by atoms with Crippen LogP contribution in [0, 0.1) is 0 Å². The Morgan fingerprint density at radius 2 is 1.93 bits per heavy atom. The fourth-order valence-corrected chi connectivity index (χ4v) is 3.01. The lowest BCUT2D eigenvalue weighted by molar-refractivity contribution is -0.205. The summed E-state index contributed by atoms with van der Waals surface area (Å²) in [5.41, 5.74) is -1.34. The summed E-state index contributed by atoms with van der Waals surface area (Å²) in [6.45, 7) is 4.49. The van der Waals surface area contributed by atoms with Gasteiger partial charge in [0, 0.05) is 20.0 Å². The number of aliphatic hydroxyl groups is 1. The van der Waals surface area contributed by atoms with Crippen molar-refractivity contribution in [3.8, 4) is 0 Å². The predicted molar refractivity (Wildman–Crippen MR) is 57.7 cm³/mol. The van der Waals surface area contributed by atoms with Crippen LogP contribution in [-0.4, -0.2) is 35.6 Å². The highest BCUT2D eigenvalue weighted by atomic mass is 16.6. The van der Waals surface area contributed by atoms with Crippen LogP contribution in [0.3, 0.4) is 0 Å². The van der Waals surface area contributed by atoms with E-state index >= 15 is 0 Å². The second-order valence-electron chi connectivity index (χ2n) is 5.20. The number of hydrogen-bond acceptors (Lipinski definition) is 3. The van der Waals surface area contributed by atoms with E-state index in [1.807, 2.05) is 6.92 Å². The Kier molecular flexibility index (Phi) is 2.45. The zero-order valence-corrected chi connectivity index (χ0v) is 9.75. The molecule has 0 spiro atoms. The maximum absolute atomic E-state index is 10.3. The standard InChI is InChI=1S/C12H20O3/c1-4-11-5-6-12(15-11,9-14-3)8-10(2,13)7-11/h5-6,13H,4,7-9H2,1-3H3/t10-,11+,12-/m0/s1. The van der Waals surface area contributed by atoms with Crippen LogP contribution < -0.4 is 0 Å². The van der Waals surface area contributed by atoms with Gasteiger partial charge in [0.25, 0.3) is 0 Å². The lowest BCUT2D eigenvalue weighted by Crippen LogP contribution is -2.53. The number of rotatable bonds is 3. The number of ether oxygens (including phenoxy) is 2. The van der Waals surface area contributed by atoms with Crippen LogP contribution in [0.2, 0.25) is 0 Å². The molecular formula is C12H20O3. The maximum Gasteiger partial charge on any atom is 0.113 e. The second-order valence-corrected chi connectivity index (χ2v) is 5.20. The van der Waals surface area contributed by atoms with Crippen molar-refractivity contribution in [3.63, 3.8) is 0 Å². The van der Waals surface area contributed by atoms with Crippen LogP contribution in [-0.2, 0) is 9.47 Å². The molecule has 0 radical (unpaired) electrons. The molecule has 0 saturated carbocycles. The van der Waals surface area contributed by atoms with Crippen molar-refractivity contribution in [1.29, 1.82) is 0 Å². The molecule has 1 fully saturated rings. The average molecular weight is 212 g/mol. The van der Waals surface area contributed by atoms with Gasteiger partial charge in [0.05, 0.1) is 17.8 Å². The molecule has 0 aliphatic carbocycles. The van der Waals surface area contributed by atoms with Crippen LogP contribution in [0.5, 0.6) is 0 Å². The number of methoxy groups -OCH3 is 1. The highest BCUT2D eigenvalue weighted by molar-refractivity contribution is 5.24. The summed E-state index contributed by atoms with van der Waals surface area (Å²) >= 11 is 0. The molecule has 3 nitrogen and oxygen atoms in total. The molecule has 0 aromatic rings. The van der Waals surface area contributed by atoms with Crippen LogP contribution in [0.4, 0.5) is 0 Å².